The van der Waals surface area contributed by atoms with E-state index in [2.05, 4.69) is 0 Å². The number of benzene rings is 1. The number of hydrogen-bond donors (Lipinski definition) is 1. The normalized spacial score (nSPS) is 16.6. The maximum atomic E-state index is 12.2. The molecule has 5 heteroatoms. The Morgan fingerprint density at radius 1 is 1.35 bits per heavy atom. The molecule has 0 aliphatic heterocycles. The number of hydrogen-bond acceptors (Lipinski definition) is 5. The molecule has 0 saturated heterocycles. The van der Waals surface area contributed by atoms with E-state index >= 15 is 0 Å². The molecule has 3 rings (SSSR count). The van der Waals surface area contributed by atoms with Gasteiger partial charge in [0.2, 0.25) is 0 Å². The second kappa shape index (κ2) is 6.44. The number of para-hydroxylation sites is 1. The van der Waals surface area contributed by atoms with Crippen molar-refractivity contribution in [3.8, 4) is 5.75 Å². The van der Waals surface area contributed by atoms with Gasteiger partial charge >= 0.3 is 11.6 Å². The third-order valence-electron chi connectivity index (χ3n) is 4.77. The van der Waals surface area contributed by atoms with Gasteiger partial charge in [-0.05, 0) is 37.3 Å². The summed E-state index contributed by atoms with van der Waals surface area (Å²) in [6, 6.07) is 6.83. The zero-order valence-corrected chi connectivity index (χ0v) is 13.1. The van der Waals surface area contributed by atoms with E-state index < -0.39 is 11.5 Å². The summed E-state index contributed by atoms with van der Waals surface area (Å²) in [6.07, 6.45) is 4.20. The Kier molecular flexibility index (Phi) is 4.37. The second-order valence-corrected chi connectivity index (χ2v) is 6.09. The average Bonchev–Trinajstić information content (AvgIpc) is 3.08. The molecule has 1 atom stereocenters. The van der Waals surface area contributed by atoms with Gasteiger partial charge in [-0.1, -0.05) is 25.0 Å². The highest BCUT2D eigenvalue weighted by molar-refractivity contribution is 5.84. The van der Waals surface area contributed by atoms with Crippen LogP contribution in [0.3, 0.4) is 0 Å². The molecule has 1 aromatic heterocycles. The van der Waals surface area contributed by atoms with Crippen molar-refractivity contribution in [3.63, 3.8) is 0 Å². The maximum Gasteiger partial charge on any atom is 0.343 e. The van der Waals surface area contributed by atoms with Crippen molar-refractivity contribution in [1.82, 2.24) is 0 Å². The number of carbonyl (C=O) groups is 1. The summed E-state index contributed by atoms with van der Waals surface area (Å²) in [5.41, 5.74) is -0.0895. The van der Waals surface area contributed by atoms with E-state index in [1.165, 1.54) is 7.11 Å². The van der Waals surface area contributed by atoms with Gasteiger partial charge in [0.1, 0.15) is 11.3 Å². The molecule has 0 amide bonds. The predicted octanol–water partition coefficient (Wildman–Crippen LogP) is 3.02. The number of aromatic hydroxyl groups is 1. The molecule has 2 aromatic rings. The fourth-order valence-electron chi connectivity index (χ4n) is 3.53. The van der Waals surface area contributed by atoms with E-state index in [-0.39, 0.29) is 29.6 Å². The summed E-state index contributed by atoms with van der Waals surface area (Å²) < 4.78 is 10.2. The van der Waals surface area contributed by atoms with Gasteiger partial charge in [0.25, 0.3) is 0 Å². The lowest BCUT2D eigenvalue weighted by molar-refractivity contribution is -0.147. The molecule has 23 heavy (non-hydrogen) atoms. The number of carbonyl (C=O) groups excluding carboxylic acids is 1. The molecule has 122 valence electrons. The quantitative estimate of drug-likeness (QED) is 0.693. The SMILES string of the molecule is COC(=O)C(Cc1c(O)c2ccccc2oc1=O)C1CCCC1. The zero-order chi connectivity index (χ0) is 16.4. The minimum atomic E-state index is -0.590. The molecule has 1 fully saturated rings. The Morgan fingerprint density at radius 3 is 2.74 bits per heavy atom. The minimum absolute atomic E-state index is 0.0938. The lowest BCUT2D eigenvalue weighted by Crippen LogP contribution is -2.27. The third kappa shape index (κ3) is 2.96. The smallest absolute Gasteiger partial charge is 0.343 e. The zero-order valence-electron chi connectivity index (χ0n) is 13.1. The topological polar surface area (TPSA) is 76.7 Å². The summed E-state index contributed by atoms with van der Waals surface area (Å²) in [7, 11) is 1.35. The average molecular weight is 316 g/mol. The van der Waals surface area contributed by atoms with Gasteiger partial charge in [-0.3, -0.25) is 4.79 Å². The fraction of sp³-hybridized carbons (Fsp3) is 0.444. The molecule has 0 bridgehead atoms. The van der Waals surface area contributed by atoms with Crippen LogP contribution >= 0.6 is 0 Å². The minimum Gasteiger partial charge on any atom is -0.507 e. The molecule has 1 N–H and O–H groups in total. The van der Waals surface area contributed by atoms with Crippen LogP contribution in [0.4, 0.5) is 0 Å². The molecule has 1 aliphatic rings. The van der Waals surface area contributed by atoms with Crippen molar-refractivity contribution in [2.24, 2.45) is 11.8 Å². The van der Waals surface area contributed by atoms with E-state index in [4.69, 9.17) is 9.15 Å². The van der Waals surface area contributed by atoms with Crippen LogP contribution in [-0.4, -0.2) is 18.2 Å². The van der Waals surface area contributed by atoms with Crippen LogP contribution in [0.25, 0.3) is 11.0 Å². The van der Waals surface area contributed by atoms with E-state index in [0.717, 1.165) is 25.7 Å². The molecule has 5 nitrogen and oxygen atoms in total. The molecular formula is C18H20O5. The molecule has 1 heterocycles. The van der Waals surface area contributed by atoms with Gasteiger partial charge in [0, 0.05) is 0 Å². The van der Waals surface area contributed by atoms with E-state index in [9.17, 15) is 14.7 Å². The summed E-state index contributed by atoms with van der Waals surface area (Å²) >= 11 is 0. The Labute approximate surface area is 133 Å². The van der Waals surface area contributed by atoms with Crippen LogP contribution < -0.4 is 5.63 Å². The highest BCUT2D eigenvalue weighted by atomic mass is 16.5. The lowest BCUT2D eigenvalue weighted by Gasteiger charge is -2.21. The lowest BCUT2D eigenvalue weighted by atomic mass is 9.85. The highest BCUT2D eigenvalue weighted by Gasteiger charge is 2.33. The number of methoxy groups -OCH3 is 1. The summed E-state index contributed by atoms with van der Waals surface area (Å²) in [5.74, 6) is -0.655. The van der Waals surface area contributed by atoms with Crippen molar-refractivity contribution < 1.29 is 19.1 Å². The summed E-state index contributed by atoms with van der Waals surface area (Å²) in [4.78, 5) is 24.4. The summed E-state index contributed by atoms with van der Waals surface area (Å²) in [6.45, 7) is 0. The number of esters is 1. The Balaban J connectivity index is 2.01. The van der Waals surface area contributed by atoms with E-state index in [1.807, 2.05) is 0 Å². The van der Waals surface area contributed by atoms with E-state index in [0.29, 0.717) is 11.0 Å². The molecule has 0 radical (unpaired) electrons. The molecule has 0 spiro atoms. The molecule has 1 saturated carbocycles. The first-order valence-corrected chi connectivity index (χ1v) is 7.93. The molecule has 1 aliphatic carbocycles. The van der Waals surface area contributed by atoms with Crippen LogP contribution in [0, 0.1) is 11.8 Å². The van der Waals surface area contributed by atoms with Crippen molar-refractivity contribution >= 4 is 16.9 Å². The van der Waals surface area contributed by atoms with Crippen LogP contribution in [-0.2, 0) is 16.0 Å². The molecular weight excluding hydrogens is 296 g/mol. The van der Waals surface area contributed by atoms with Gasteiger partial charge in [0.05, 0.1) is 24.0 Å². The van der Waals surface area contributed by atoms with Gasteiger partial charge in [-0.15, -0.1) is 0 Å². The standard InChI is InChI=1S/C18H20O5/c1-22-17(20)13(11-6-2-3-7-11)10-14-16(19)12-8-4-5-9-15(12)23-18(14)21/h4-5,8-9,11,13,19H,2-3,6-7,10H2,1H3. The number of fused-ring (bicyclic) bond motifs is 1. The Bertz CT molecular complexity index is 771. The number of rotatable bonds is 4. The first-order chi connectivity index (χ1) is 11.1. The first kappa shape index (κ1) is 15.6. The monoisotopic (exact) mass is 316 g/mol. The Hall–Kier alpha value is -2.30. The fourth-order valence-corrected chi connectivity index (χ4v) is 3.53. The van der Waals surface area contributed by atoms with Gasteiger partial charge < -0.3 is 14.3 Å². The van der Waals surface area contributed by atoms with Gasteiger partial charge in [0.15, 0.2) is 0 Å². The third-order valence-corrected chi connectivity index (χ3v) is 4.77. The van der Waals surface area contributed by atoms with E-state index in [1.54, 1.807) is 24.3 Å². The largest absolute Gasteiger partial charge is 0.507 e. The van der Waals surface area contributed by atoms with Crippen molar-refractivity contribution in [1.29, 1.82) is 0 Å². The second-order valence-electron chi connectivity index (χ2n) is 6.09. The van der Waals surface area contributed by atoms with Crippen LogP contribution in [0.5, 0.6) is 5.75 Å². The van der Waals surface area contributed by atoms with Gasteiger partial charge in [-0.2, -0.15) is 0 Å². The summed E-state index contributed by atoms with van der Waals surface area (Å²) in [5, 5.41) is 10.9. The number of ether oxygens (including phenoxy) is 1. The van der Waals surface area contributed by atoms with Crippen molar-refractivity contribution in [2.45, 2.75) is 32.1 Å². The van der Waals surface area contributed by atoms with Crippen LogP contribution in [0.15, 0.2) is 33.5 Å². The Morgan fingerprint density at radius 2 is 2.04 bits per heavy atom. The first-order valence-electron chi connectivity index (χ1n) is 7.93. The van der Waals surface area contributed by atoms with Crippen molar-refractivity contribution in [2.75, 3.05) is 7.11 Å². The molecule has 1 aromatic carbocycles. The highest BCUT2D eigenvalue weighted by Crippen LogP contribution is 2.36. The van der Waals surface area contributed by atoms with Crippen LogP contribution in [0.1, 0.15) is 31.2 Å². The van der Waals surface area contributed by atoms with Crippen LogP contribution in [0.2, 0.25) is 0 Å². The van der Waals surface area contributed by atoms with Gasteiger partial charge in [-0.25, -0.2) is 4.79 Å². The van der Waals surface area contributed by atoms with Crippen molar-refractivity contribution in [3.05, 3.63) is 40.2 Å². The molecule has 1 unspecified atom stereocenters. The predicted molar refractivity (Wildman–Crippen MR) is 85.3 cm³/mol. The maximum absolute atomic E-state index is 12.2.